The van der Waals surface area contributed by atoms with E-state index in [2.05, 4.69) is 4.90 Å². The molecule has 4 nitrogen and oxygen atoms in total. The average molecular weight is 527 g/mol. The number of rotatable bonds is 5. The van der Waals surface area contributed by atoms with Crippen LogP contribution in [-0.2, 0) is 27.4 Å². The number of alkyl halides is 6. The van der Waals surface area contributed by atoms with E-state index >= 15 is 0 Å². The number of piperazine rings is 1. The van der Waals surface area contributed by atoms with Gasteiger partial charge in [0.15, 0.2) is 0 Å². The molecule has 1 amide bonds. The Morgan fingerprint density at radius 3 is 2.22 bits per heavy atom. The number of nitrogens with zero attached hydrogens (tertiary/aromatic N) is 2. The van der Waals surface area contributed by atoms with Gasteiger partial charge in [-0.05, 0) is 61.9 Å². The Morgan fingerprint density at radius 2 is 1.59 bits per heavy atom. The third-order valence-corrected chi connectivity index (χ3v) is 8.28. The molecule has 3 saturated heterocycles. The van der Waals surface area contributed by atoms with Crippen molar-refractivity contribution in [3.05, 3.63) is 70.8 Å². The van der Waals surface area contributed by atoms with Crippen molar-refractivity contribution in [2.24, 2.45) is 0 Å². The van der Waals surface area contributed by atoms with Crippen LogP contribution >= 0.6 is 0 Å². The fraction of sp³-hybridized carbons (Fsp3) is 0.519. The fourth-order valence-electron chi connectivity index (χ4n) is 6.29. The number of fused-ring (bicyclic) bond motifs is 1. The molecule has 3 heterocycles. The second kappa shape index (κ2) is 9.01. The number of amides is 1. The number of halogens is 6. The van der Waals surface area contributed by atoms with Crippen molar-refractivity contribution >= 4 is 5.91 Å². The summed E-state index contributed by atoms with van der Waals surface area (Å²) >= 11 is 0. The smallest absolute Gasteiger partial charge is 0.372 e. The van der Waals surface area contributed by atoms with Gasteiger partial charge in [-0.25, -0.2) is 0 Å². The maximum atomic E-state index is 13.4. The summed E-state index contributed by atoms with van der Waals surface area (Å²) in [5, 5.41) is 0. The molecule has 2 aromatic carbocycles. The lowest BCUT2D eigenvalue weighted by molar-refractivity contribution is -0.164. The molecule has 0 aromatic heterocycles. The molecule has 3 aliphatic rings. The van der Waals surface area contributed by atoms with Gasteiger partial charge in [0, 0.05) is 13.1 Å². The summed E-state index contributed by atoms with van der Waals surface area (Å²) in [6, 6.07) is 11.0. The molecule has 0 aliphatic carbocycles. The van der Waals surface area contributed by atoms with Crippen LogP contribution in [0.3, 0.4) is 0 Å². The summed E-state index contributed by atoms with van der Waals surface area (Å²) in [5.41, 5.74) is -2.96. The lowest BCUT2D eigenvalue weighted by atomic mass is 9.72. The summed E-state index contributed by atoms with van der Waals surface area (Å²) in [5.74, 6) is 0.0458. The van der Waals surface area contributed by atoms with Crippen LogP contribution in [0.2, 0.25) is 0 Å². The minimum Gasteiger partial charge on any atom is -0.372 e. The van der Waals surface area contributed by atoms with Crippen LogP contribution in [0.5, 0.6) is 0 Å². The summed E-state index contributed by atoms with van der Waals surface area (Å²) in [6.45, 7) is 3.08. The van der Waals surface area contributed by atoms with Crippen molar-refractivity contribution in [2.75, 3.05) is 26.2 Å². The lowest BCUT2D eigenvalue weighted by Crippen LogP contribution is -2.70. The molecule has 10 heteroatoms. The molecule has 5 rings (SSSR count). The Kier molecular flexibility index (Phi) is 6.34. The number of hydrogen-bond acceptors (Lipinski definition) is 3. The standard InChI is InChI=1S/C27H28F6N2O2/c1-18(19-12-21(26(28,29)30)14-22(13-19)27(31,32)33)37-17-25(20-6-3-2-4-7-20)10-9-24-8-5-11-35(24)23(36)15-34(25)16-24/h2-4,6-7,12-14,18H,5,8-11,15-17H2,1H3/t18-,24-,25-/m1/s1. The maximum absolute atomic E-state index is 13.4. The molecule has 200 valence electrons. The van der Waals surface area contributed by atoms with Crippen molar-refractivity contribution < 1.29 is 35.9 Å². The molecule has 2 aromatic rings. The van der Waals surface area contributed by atoms with Crippen LogP contribution in [0.15, 0.2) is 48.5 Å². The largest absolute Gasteiger partial charge is 0.416 e. The number of carbonyl (C=O) groups is 1. The van der Waals surface area contributed by atoms with Crippen molar-refractivity contribution in [3.8, 4) is 0 Å². The molecule has 1 spiro atoms. The van der Waals surface area contributed by atoms with Crippen molar-refractivity contribution in [1.29, 1.82) is 0 Å². The summed E-state index contributed by atoms with van der Waals surface area (Å²) < 4.78 is 86.4. The summed E-state index contributed by atoms with van der Waals surface area (Å²) in [6.07, 6.45) is -7.62. The van der Waals surface area contributed by atoms with Gasteiger partial charge in [-0.2, -0.15) is 26.3 Å². The highest BCUT2D eigenvalue weighted by atomic mass is 19.4. The van der Waals surface area contributed by atoms with Gasteiger partial charge in [0.1, 0.15) is 0 Å². The van der Waals surface area contributed by atoms with E-state index in [1.54, 1.807) is 0 Å². The Hall–Kier alpha value is -2.59. The first kappa shape index (κ1) is 26.0. The molecule has 0 radical (unpaired) electrons. The van der Waals surface area contributed by atoms with Crippen LogP contribution in [0.1, 0.15) is 61.0 Å². The average Bonchev–Trinajstić information content (AvgIpc) is 3.27. The summed E-state index contributed by atoms with van der Waals surface area (Å²) in [7, 11) is 0. The van der Waals surface area contributed by atoms with Crippen LogP contribution in [0, 0.1) is 0 Å². The Morgan fingerprint density at radius 1 is 0.946 bits per heavy atom. The summed E-state index contributed by atoms with van der Waals surface area (Å²) in [4.78, 5) is 17.2. The van der Waals surface area contributed by atoms with Crippen LogP contribution in [0.25, 0.3) is 0 Å². The SMILES string of the molecule is C[C@@H](OC[C@@]1(c2ccccc2)CC[C@@]23CCCN2C(=O)CN1C3)c1cc(C(F)(F)F)cc(C(F)(F)F)c1. The Labute approximate surface area is 211 Å². The molecule has 0 N–H and O–H groups in total. The van der Waals surface area contributed by atoms with Gasteiger partial charge in [0.05, 0.1) is 41.5 Å². The zero-order valence-corrected chi connectivity index (χ0v) is 20.3. The molecule has 3 aliphatic heterocycles. The van der Waals surface area contributed by atoms with E-state index in [0.29, 0.717) is 25.1 Å². The predicted octanol–water partition coefficient (Wildman–Crippen LogP) is 6.17. The highest BCUT2D eigenvalue weighted by molar-refractivity contribution is 5.81. The van der Waals surface area contributed by atoms with E-state index in [1.807, 2.05) is 35.2 Å². The van der Waals surface area contributed by atoms with E-state index in [-0.39, 0.29) is 36.2 Å². The van der Waals surface area contributed by atoms with Gasteiger partial charge < -0.3 is 9.64 Å². The van der Waals surface area contributed by atoms with Gasteiger partial charge >= 0.3 is 12.4 Å². The van der Waals surface area contributed by atoms with Crippen molar-refractivity contribution in [1.82, 2.24) is 9.80 Å². The first-order valence-electron chi connectivity index (χ1n) is 12.4. The number of piperidine rings is 1. The molecular weight excluding hydrogens is 498 g/mol. The number of ether oxygens (including phenoxy) is 1. The highest BCUT2D eigenvalue weighted by Crippen LogP contribution is 2.49. The molecule has 4 atom stereocenters. The van der Waals surface area contributed by atoms with E-state index < -0.39 is 35.1 Å². The van der Waals surface area contributed by atoms with Gasteiger partial charge in [-0.15, -0.1) is 0 Å². The Bertz CT molecular complexity index is 1140. The topological polar surface area (TPSA) is 32.8 Å². The highest BCUT2D eigenvalue weighted by Gasteiger charge is 2.57. The quantitative estimate of drug-likeness (QED) is 0.437. The zero-order valence-electron chi connectivity index (χ0n) is 20.3. The van der Waals surface area contributed by atoms with Crippen LogP contribution in [-0.4, -0.2) is 47.5 Å². The van der Waals surface area contributed by atoms with Crippen LogP contribution in [0.4, 0.5) is 26.3 Å². The van der Waals surface area contributed by atoms with Gasteiger partial charge in [-0.1, -0.05) is 30.3 Å². The monoisotopic (exact) mass is 526 g/mol. The third kappa shape index (κ3) is 4.63. The van der Waals surface area contributed by atoms with E-state index in [4.69, 9.17) is 4.74 Å². The number of carbonyl (C=O) groups excluding carboxylic acids is 1. The van der Waals surface area contributed by atoms with E-state index in [1.165, 1.54) is 6.92 Å². The number of hydrogen-bond donors (Lipinski definition) is 0. The normalized spacial score (nSPS) is 28.8. The molecule has 37 heavy (non-hydrogen) atoms. The number of benzene rings is 2. The predicted molar refractivity (Wildman–Crippen MR) is 123 cm³/mol. The molecule has 0 saturated carbocycles. The molecule has 2 bridgehead atoms. The van der Waals surface area contributed by atoms with E-state index in [0.717, 1.165) is 31.4 Å². The third-order valence-electron chi connectivity index (χ3n) is 8.28. The Balaban J connectivity index is 1.46. The minimum atomic E-state index is -4.93. The first-order chi connectivity index (χ1) is 17.3. The fourth-order valence-corrected chi connectivity index (χ4v) is 6.29. The first-order valence-corrected chi connectivity index (χ1v) is 12.4. The van der Waals surface area contributed by atoms with Gasteiger partial charge in [-0.3, -0.25) is 9.69 Å². The van der Waals surface area contributed by atoms with E-state index in [9.17, 15) is 31.1 Å². The molecule has 1 unspecified atom stereocenters. The molecular formula is C27H28F6N2O2. The minimum absolute atomic E-state index is 0.0269. The van der Waals surface area contributed by atoms with Crippen molar-refractivity contribution in [3.63, 3.8) is 0 Å². The van der Waals surface area contributed by atoms with Crippen molar-refractivity contribution in [2.45, 2.75) is 62.1 Å². The van der Waals surface area contributed by atoms with Gasteiger partial charge in [0.25, 0.3) is 0 Å². The second-order valence-corrected chi connectivity index (χ2v) is 10.4. The van der Waals surface area contributed by atoms with Crippen LogP contribution < -0.4 is 0 Å². The molecule has 3 fully saturated rings. The zero-order chi connectivity index (χ0) is 26.6. The van der Waals surface area contributed by atoms with Gasteiger partial charge in [0.2, 0.25) is 5.91 Å². The second-order valence-electron chi connectivity index (χ2n) is 10.4. The lowest BCUT2D eigenvalue weighted by Gasteiger charge is -2.59. The maximum Gasteiger partial charge on any atom is 0.416 e.